The lowest BCUT2D eigenvalue weighted by atomic mass is 10.4. The van der Waals surface area contributed by atoms with Gasteiger partial charge in [0.1, 0.15) is 19.0 Å². The quantitative estimate of drug-likeness (QED) is 0.531. The topological polar surface area (TPSA) is 47.0 Å². The Balaban J connectivity index is 2.56. The summed E-state index contributed by atoms with van der Waals surface area (Å²) in [5.41, 5.74) is 0. The summed E-state index contributed by atoms with van der Waals surface area (Å²) in [7, 11) is 0. The summed E-state index contributed by atoms with van der Waals surface area (Å²) < 4.78 is 54.4. The molecule has 20 heavy (non-hydrogen) atoms. The zero-order chi connectivity index (χ0) is 15.2. The molecule has 0 atom stereocenters. The highest BCUT2D eigenvalue weighted by atomic mass is 127. The van der Waals surface area contributed by atoms with Crippen LogP contribution in [-0.4, -0.2) is 35.5 Å². The lowest BCUT2D eigenvalue weighted by molar-refractivity contribution is -0.168. The third-order valence-electron chi connectivity index (χ3n) is 2.18. The molecule has 0 saturated carbocycles. The number of rotatable bonds is 8. The van der Waals surface area contributed by atoms with Crippen LogP contribution in [0.1, 0.15) is 19.2 Å². The predicted molar refractivity (Wildman–Crippen MR) is 74.1 cm³/mol. The number of hydrogen-bond acceptors (Lipinski definition) is 4. The van der Waals surface area contributed by atoms with E-state index in [1.165, 1.54) is 6.20 Å². The van der Waals surface area contributed by atoms with Crippen molar-refractivity contribution in [2.75, 3.05) is 18.5 Å². The zero-order valence-electron chi connectivity index (χ0n) is 10.7. The molecule has 0 aromatic carbocycles. The normalized spacial score (nSPS) is 11.9. The fraction of sp³-hybridized carbons (Fsp3) is 0.636. The monoisotopic (exact) mass is 407 g/mol. The molecule has 1 rings (SSSR count). The number of alkyl halides is 4. The molecule has 0 saturated heterocycles. The summed E-state index contributed by atoms with van der Waals surface area (Å²) >= 11 is 2.03. The second kappa shape index (κ2) is 7.91. The van der Waals surface area contributed by atoms with Gasteiger partial charge in [0.05, 0.1) is 3.57 Å². The van der Waals surface area contributed by atoms with Crippen molar-refractivity contribution in [1.82, 2.24) is 9.97 Å². The van der Waals surface area contributed by atoms with Crippen LogP contribution in [0.25, 0.3) is 0 Å². The lowest BCUT2D eigenvalue weighted by Crippen LogP contribution is -2.32. The highest BCUT2D eigenvalue weighted by Crippen LogP contribution is 2.23. The Hall–Kier alpha value is -0.710. The molecular weight excluding hydrogens is 393 g/mol. The highest BCUT2D eigenvalue weighted by Gasteiger charge is 2.40. The summed E-state index contributed by atoms with van der Waals surface area (Å²) in [6.45, 7) is 0.978. The zero-order valence-corrected chi connectivity index (χ0v) is 12.8. The van der Waals surface area contributed by atoms with Gasteiger partial charge in [-0.25, -0.2) is 18.7 Å². The molecule has 0 spiro atoms. The minimum atomic E-state index is -4.16. The van der Waals surface area contributed by atoms with Crippen LogP contribution in [0, 0.1) is 3.57 Å². The number of anilines is 1. The molecule has 1 N–H and O–H groups in total. The van der Waals surface area contributed by atoms with Crippen LogP contribution in [-0.2, 0) is 11.3 Å². The summed E-state index contributed by atoms with van der Waals surface area (Å²) in [4.78, 5) is 7.98. The molecule has 0 bridgehead atoms. The summed E-state index contributed by atoms with van der Waals surface area (Å²) in [5, 5.41) is 3.05. The lowest BCUT2D eigenvalue weighted by Gasteiger charge is -2.15. The van der Waals surface area contributed by atoms with Gasteiger partial charge >= 0.3 is 12.3 Å². The van der Waals surface area contributed by atoms with E-state index >= 15 is 0 Å². The Labute approximate surface area is 127 Å². The van der Waals surface area contributed by atoms with E-state index in [9.17, 15) is 17.6 Å². The molecule has 0 radical (unpaired) electrons. The molecule has 4 nitrogen and oxygen atoms in total. The smallest absolute Gasteiger partial charge is 0.330 e. The fourth-order valence-corrected chi connectivity index (χ4v) is 1.63. The Morgan fingerprint density at radius 1 is 1.45 bits per heavy atom. The van der Waals surface area contributed by atoms with Gasteiger partial charge in [0.15, 0.2) is 5.82 Å². The highest BCUT2D eigenvalue weighted by molar-refractivity contribution is 14.1. The minimum Gasteiger partial charge on any atom is -0.369 e. The summed E-state index contributed by atoms with van der Waals surface area (Å²) in [6.07, 6.45) is -1.34. The van der Waals surface area contributed by atoms with Gasteiger partial charge in [0.2, 0.25) is 0 Å². The third kappa shape index (κ3) is 5.35. The Morgan fingerprint density at radius 3 is 2.75 bits per heavy atom. The maximum atomic E-state index is 12.6. The van der Waals surface area contributed by atoms with Crippen molar-refractivity contribution in [1.29, 1.82) is 0 Å². The van der Waals surface area contributed by atoms with Gasteiger partial charge in [-0.1, -0.05) is 6.92 Å². The number of ether oxygens (including phenoxy) is 1. The fourth-order valence-electron chi connectivity index (χ4n) is 1.18. The van der Waals surface area contributed by atoms with E-state index in [0.717, 1.165) is 9.99 Å². The summed E-state index contributed by atoms with van der Waals surface area (Å²) in [5.74, 6) is -3.43. The first-order valence-corrected chi connectivity index (χ1v) is 6.93. The number of nitrogens with one attached hydrogen (secondary N) is 1. The number of halogens is 5. The SMILES string of the molecule is CCCNc1nc(COCC(F)(F)C(F)F)ncc1I. The van der Waals surface area contributed by atoms with Crippen molar-refractivity contribution >= 4 is 28.4 Å². The molecule has 1 heterocycles. The average Bonchev–Trinajstić information content (AvgIpc) is 2.38. The second-order valence-corrected chi connectivity index (χ2v) is 5.13. The molecule has 0 aliphatic carbocycles. The maximum Gasteiger partial charge on any atom is 0.330 e. The molecule has 0 amide bonds. The molecule has 114 valence electrons. The molecule has 1 aromatic heterocycles. The van der Waals surface area contributed by atoms with Gasteiger partial charge in [0.25, 0.3) is 0 Å². The number of hydrogen-bond donors (Lipinski definition) is 1. The maximum absolute atomic E-state index is 12.6. The van der Waals surface area contributed by atoms with E-state index in [2.05, 4.69) is 20.0 Å². The van der Waals surface area contributed by atoms with E-state index in [4.69, 9.17) is 0 Å². The molecule has 0 aliphatic rings. The largest absolute Gasteiger partial charge is 0.369 e. The van der Waals surface area contributed by atoms with Gasteiger partial charge < -0.3 is 10.1 Å². The van der Waals surface area contributed by atoms with Crippen LogP contribution in [0.2, 0.25) is 0 Å². The first-order valence-electron chi connectivity index (χ1n) is 5.85. The number of nitrogens with zero attached hydrogens (tertiary/aromatic N) is 2. The van der Waals surface area contributed by atoms with Crippen molar-refractivity contribution in [3.05, 3.63) is 15.6 Å². The van der Waals surface area contributed by atoms with Gasteiger partial charge in [-0.15, -0.1) is 0 Å². The van der Waals surface area contributed by atoms with Crippen LogP contribution < -0.4 is 5.32 Å². The van der Waals surface area contributed by atoms with Crippen molar-refractivity contribution in [3.63, 3.8) is 0 Å². The Kier molecular flexibility index (Phi) is 6.86. The first kappa shape index (κ1) is 17.3. The van der Waals surface area contributed by atoms with Crippen LogP contribution in [0.5, 0.6) is 0 Å². The molecular formula is C11H14F4IN3O. The van der Waals surface area contributed by atoms with Crippen LogP contribution >= 0.6 is 22.6 Å². The number of aromatic nitrogens is 2. The first-order chi connectivity index (χ1) is 9.36. The van der Waals surface area contributed by atoms with Crippen molar-refractivity contribution in [2.24, 2.45) is 0 Å². The molecule has 1 aromatic rings. The summed E-state index contributed by atoms with van der Waals surface area (Å²) in [6, 6.07) is 0. The van der Waals surface area contributed by atoms with Gasteiger partial charge in [-0.05, 0) is 29.0 Å². The predicted octanol–water partition coefficient (Wildman–Crippen LogP) is 3.32. The van der Waals surface area contributed by atoms with Crippen molar-refractivity contribution in [3.8, 4) is 0 Å². The van der Waals surface area contributed by atoms with Crippen LogP contribution in [0.4, 0.5) is 23.4 Å². The van der Waals surface area contributed by atoms with E-state index in [-0.39, 0.29) is 12.4 Å². The molecule has 0 aliphatic heterocycles. The van der Waals surface area contributed by atoms with Gasteiger partial charge in [-0.2, -0.15) is 8.78 Å². The minimum absolute atomic E-state index is 0.161. The van der Waals surface area contributed by atoms with Crippen molar-refractivity contribution < 1.29 is 22.3 Å². The van der Waals surface area contributed by atoms with Gasteiger partial charge in [0, 0.05) is 12.7 Å². The van der Waals surface area contributed by atoms with E-state index < -0.39 is 19.0 Å². The van der Waals surface area contributed by atoms with Crippen LogP contribution in [0.15, 0.2) is 6.20 Å². The second-order valence-electron chi connectivity index (χ2n) is 3.96. The molecule has 0 unspecified atom stereocenters. The average molecular weight is 407 g/mol. The molecule has 0 fully saturated rings. The van der Waals surface area contributed by atoms with E-state index in [1.54, 1.807) is 0 Å². The Bertz CT molecular complexity index is 434. The third-order valence-corrected chi connectivity index (χ3v) is 2.97. The van der Waals surface area contributed by atoms with E-state index in [0.29, 0.717) is 12.4 Å². The Morgan fingerprint density at radius 2 is 2.15 bits per heavy atom. The van der Waals surface area contributed by atoms with E-state index in [1.807, 2.05) is 29.5 Å². The molecule has 9 heteroatoms. The van der Waals surface area contributed by atoms with Crippen molar-refractivity contribution in [2.45, 2.75) is 32.3 Å². The van der Waals surface area contributed by atoms with Crippen LogP contribution in [0.3, 0.4) is 0 Å². The van der Waals surface area contributed by atoms with Gasteiger partial charge in [-0.3, -0.25) is 0 Å². The standard InChI is InChI=1S/C11H14F4IN3O/c1-2-3-17-9-7(16)4-18-8(19-9)5-20-6-11(14,15)10(12)13/h4,10H,2-3,5-6H2,1H3,(H,17,18,19).